The maximum Gasteiger partial charge on any atom is 0.268 e. The van der Waals surface area contributed by atoms with Gasteiger partial charge in [-0.25, -0.2) is 0 Å². The summed E-state index contributed by atoms with van der Waals surface area (Å²) in [5.74, 6) is 0.678. The van der Waals surface area contributed by atoms with Gasteiger partial charge < -0.3 is 14.8 Å². The van der Waals surface area contributed by atoms with E-state index in [2.05, 4.69) is 5.32 Å². The van der Waals surface area contributed by atoms with Crippen molar-refractivity contribution in [3.05, 3.63) is 17.7 Å². The number of hydrogen-bond donors (Lipinski definition) is 1. The van der Waals surface area contributed by atoms with Crippen molar-refractivity contribution in [3.8, 4) is 11.5 Å². The molecule has 0 spiro atoms. The maximum absolute atomic E-state index is 11.8. The van der Waals surface area contributed by atoms with E-state index >= 15 is 0 Å². The first-order valence-corrected chi connectivity index (χ1v) is 5.74. The average Bonchev–Trinajstić information content (AvgIpc) is 2.31. The first kappa shape index (κ1) is 12.4. The molecular weight excluding hydrogens is 234 g/mol. The molecule has 1 aromatic carbocycles. The number of carbonyl (C=O) groups is 2. The summed E-state index contributed by atoms with van der Waals surface area (Å²) in [4.78, 5) is 22.6. The molecule has 1 N–H and O–H groups in total. The van der Waals surface area contributed by atoms with Gasteiger partial charge in [0.25, 0.3) is 5.91 Å². The van der Waals surface area contributed by atoms with Gasteiger partial charge in [0.05, 0.1) is 12.3 Å². The Hall–Kier alpha value is -2.04. The Morgan fingerprint density at radius 2 is 2.17 bits per heavy atom. The molecule has 0 radical (unpaired) electrons. The number of ether oxygens (including phenoxy) is 2. The lowest BCUT2D eigenvalue weighted by molar-refractivity contribution is -0.129. The summed E-state index contributed by atoms with van der Waals surface area (Å²) in [5.41, 5.74) is -0.0603. The molecular formula is C13H15NO4. The number of nitrogens with one attached hydrogen (secondary N) is 1. The molecule has 5 heteroatoms. The summed E-state index contributed by atoms with van der Waals surface area (Å²) in [6.07, 6.45) is 0.703. The van der Waals surface area contributed by atoms with E-state index in [9.17, 15) is 9.59 Å². The molecule has 0 atom stereocenters. The van der Waals surface area contributed by atoms with Gasteiger partial charge in [0.1, 0.15) is 6.29 Å². The second-order valence-corrected chi connectivity index (χ2v) is 4.51. The third-order valence-electron chi connectivity index (χ3n) is 2.67. The van der Waals surface area contributed by atoms with E-state index in [4.69, 9.17) is 9.47 Å². The van der Waals surface area contributed by atoms with Gasteiger partial charge >= 0.3 is 0 Å². The molecule has 0 fully saturated rings. The van der Waals surface area contributed by atoms with Crippen LogP contribution < -0.4 is 14.8 Å². The lowest BCUT2D eigenvalue weighted by Crippen LogP contribution is -2.45. The lowest BCUT2D eigenvalue weighted by Gasteiger charge is -2.32. The molecule has 1 aliphatic rings. The van der Waals surface area contributed by atoms with Gasteiger partial charge in [0.2, 0.25) is 0 Å². The minimum absolute atomic E-state index is 0.250. The number of fused-ring (bicyclic) bond motifs is 1. The number of amides is 1. The van der Waals surface area contributed by atoms with Crippen LogP contribution in [0.4, 0.5) is 5.69 Å². The minimum Gasteiger partial charge on any atom is -0.490 e. The molecule has 0 aromatic heterocycles. The van der Waals surface area contributed by atoms with E-state index in [0.717, 1.165) is 0 Å². The predicted octanol–water partition coefficient (Wildman–Crippen LogP) is 2.01. The third-order valence-corrected chi connectivity index (χ3v) is 2.67. The molecule has 0 bridgehead atoms. The molecule has 0 unspecified atom stereocenters. The Kier molecular flexibility index (Phi) is 2.98. The van der Waals surface area contributed by atoms with Crippen molar-refractivity contribution in [3.63, 3.8) is 0 Å². The minimum atomic E-state index is -0.957. The van der Waals surface area contributed by atoms with Crippen LogP contribution in [0.2, 0.25) is 0 Å². The number of hydrogen-bond acceptors (Lipinski definition) is 4. The Labute approximate surface area is 105 Å². The molecule has 1 aromatic rings. The van der Waals surface area contributed by atoms with Gasteiger partial charge in [0, 0.05) is 5.56 Å². The lowest BCUT2D eigenvalue weighted by atomic mass is 10.0. The standard InChI is InChI=1S/C13H15NO4/c1-4-17-10-6-8(7-15)5-9-11(10)18-13(2,3)12(16)14-9/h5-7H,4H2,1-3H3,(H,14,16). The topological polar surface area (TPSA) is 64.6 Å². The van der Waals surface area contributed by atoms with E-state index in [1.54, 1.807) is 26.0 Å². The molecule has 1 amide bonds. The zero-order chi connectivity index (χ0) is 13.3. The Morgan fingerprint density at radius 3 is 2.78 bits per heavy atom. The largest absolute Gasteiger partial charge is 0.490 e. The summed E-state index contributed by atoms with van der Waals surface area (Å²) < 4.78 is 11.1. The van der Waals surface area contributed by atoms with E-state index in [1.807, 2.05) is 6.92 Å². The first-order valence-electron chi connectivity index (χ1n) is 5.74. The van der Waals surface area contributed by atoms with E-state index < -0.39 is 5.60 Å². The smallest absolute Gasteiger partial charge is 0.268 e. The van der Waals surface area contributed by atoms with Crippen molar-refractivity contribution < 1.29 is 19.1 Å². The highest BCUT2D eigenvalue weighted by Gasteiger charge is 2.37. The highest BCUT2D eigenvalue weighted by atomic mass is 16.5. The number of benzene rings is 1. The normalized spacial score (nSPS) is 16.3. The number of anilines is 1. The van der Waals surface area contributed by atoms with Gasteiger partial charge in [-0.3, -0.25) is 9.59 Å². The van der Waals surface area contributed by atoms with Crippen molar-refractivity contribution in [2.45, 2.75) is 26.4 Å². The second-order valence-electron chi connectivity index (χ2n) is 4.51. The fraction of sp³-hybridized carbons (Fsp3) is 0.385. The monoisotopic (exact) mass is 249 g/mol. The molecule has 5 nitrogen and oxygen atoms in total. The molecule has 1 heterocycles. The Bertz CT molecular complexity index is 508. The predicted molar refractivity (Wildman–Crippen MR) is 66.3 cm³/mol. The van der Waals surface area contributed by atoms with Crippen LogP contribution in [0.15, 0.2) is 12.1 Å². The average molecular weight is 249 g/mol. The summed E-state index contributed by atoms with van der Waals surface area (Å²) >= 11 is 0. The van der Waals surface area contributed by atoms with Gasteiger partial charge in [0.15, 0.2) is 17.1 Å². The van der Waals surface area contributed by atoms with Crippen LogP contribution in [0.1, 0.15) is 31.1 Å². The first-order chi connectivity index (χ1) is 8.47. The zero-order valence-corrected chi connectivity index (χ0v) is 10.6. The van der Waals surface area contributed by atoms with Crippen molar-refractivity contribution in [1.82, 2.24) is 0 Å². The number of aldehydes is 1. The van der Waals surface area contributed by atoms with Crippen LogP contribution in [0.5, 0.6) is 11.5 Å². The van der Waals surface area contributed by atoms with Crippen LogP contribution in [0, 0.1) is 0 Å². The van der Waals surface area contributed by atoms with E-state index in [1.165, 1.54) is 0 Å². The second kappa shape index (κ2) is 4.33. The number of carbonyl (C=O) groups excluding carboxylic acids is 2. The fourth-order valence-electron chi connectivity index (χ4n) is 1.73. The summed E-state index contributed by atoms with van der Waals surface area (Å²) in [6.45, 7) is 5.64. The highest BCUT2D eigenvalue weighted by Crippen LogP contribution is 2.42. The fourth-order valence-corrected chi connectivity index (χ4v) is 1.73. The van der Waals surface area contributed by atoms with Crippen LogP contribution in [-0.2, 0) is 4.79 Å². The van der Waals surface area contributed by atoms with Gasteiger partial charge in [-0.15, -0.1) is 0 Å². The Balaban J connectivity index is 2.53. The van der Waals surface area contributed by atoms with Crippen LogP contribution >= 0.6 is 0 Å². The molecule has 18 heavy (non-hydrogen) atoms. The third kappa shape index (κ3) is 2.03. The summed E-state index contributed by atoms with van der Waals surface area (Å²) in [6, 6.07) is 3.17. The van der Waals surface area contributed by atoms with Crippen molar-refractivity contribution >= 4 is 17.9 Å². The Morgan fingerprint density at radius 1 is 1.44 bits per heavy atom. The van der Waals surface area contributed by atoms with Crippen LogP contribution in [-0.4, -0.2) is 24.4 Å². The molecule has 1 aliphatic heterocycles. The maximum atomic E-state index is 11.8. The van der Waals surface area contributed by atoms with E-state index in [0.29, 0.717) is 35.6 Å². The number of rotatable bonds is 3. The molecule has 0 saturated heterocycles. The summed E-state index contributed by atoms with van der Waals surface area (Å²) in [7, 11) is 0. The highest BCUT2D eigenvalue weighted by molar-refractivity contribution is 6.01. The quantitative estimate of drug-likeness (QED) is 0.832. The van der Waals surface area contributed by atoms with Crippen molar-refractivity contribution in [1.29, 1.82) is 0 Å². The molecule has 2 rings (SSSR count). The van der Waals surface area contributed by atoms with Gasteiger partial charge in [-0.1, -0.05) is 0 Å². The van der Waals surface area contributed by atoms with Crippen molar-refractivity contribution in [2.75, 3.05) is 11.9 Å². The SMILES string of the molecule is CCOc1cc(C=O)cc2c1OC(C)(C)C(=O)N2. The summed E-state index contributed by atoms with van der Waals surface area (Å²) in [5, 5.41) is 2.72. The van der Waals surface area contributed by atoms with Crippen molar-refractivity contribution in [2.24, 2.45) is 0 Å². The molecule has 0 aliphatic carbocycles. The van der Waals surface area contributed by atoms with Gasteiger partial charge in [-0.2, -0.15) is 0 Å². The zero-order valence-electron chi connectivity index (χ0n) is 10.6. The van der Waals surface area contributed by atoms with Gasteiger partial charge in [-0.05, 0) is 32.9 Å². The van der Waals surface area contributed by atoms with Crippen LogP contribution in [0.25, 0.3) is 0 Å². The molecule has 96 valence electrons. The van der Waals surface area contributed by atoms with E-state index in [-0.39, 0.29) is 5.91 Å². The molecule has 0 saturated carbocycles. The van der Waals surface area contributed by atoms with Crippen LogP contribution in [0.3, 0.4) is 0 Å².